The predicted octanol–water partition coefficient (Wildman–Crippen LogP) is 3.07. The molecule has 1 aromatic carbocycles. The van der Waals surface area contributed by atoms with Crippen LogP contribution in [0.25, 0.3) is 0 Å². The van der Waals surface area contributed by atoms with E-state index in [9.17, 15) is 4.79 Å². The monoisotopic (exact) mass is 298 g/mol. The van der Waals surface area contributed by atoms with E-state index in [0.717, 1.165) is 41.9 Å². The van der Waals surface area contributed by atoms with Gasteiger partial charge in [0.05, 0.1) is 19.1 Å². The summed E-state index contributed by atoms with van der Waals surface area (Å²) in [4.78, 5) is 11.9. The van der Waals surface area contributed by atoms with Crippen molar-refractivity contribution in [1.29, 1.82) is 0 Å². The number of rotatable bonds is 3. The third-order valence-electron chi connectivity index (χ3n) is 3.81. The molecular weight excluding hydrogens is 280 g/mol. The van der Waals surface area contributed by atoms with Gasteiger partial charge in [0.15, 0.2) is 5.76 Å². The molecule has 0 saturated carbocycles. The summed E-state index contributed by atoms with van der Waals surface area (Å²) >= 11 is 0. The fraction of sp³-hybridized carbons (Fsp3) is 0.294. The average molecular weight is 298 g/mol. The molecule has 5 nitrogen and oxygen atoms in total. The Labute approximate surface area is 129 Å². The van der Waals surface area contributed by atoms with Crippen LogP contribution in [0, 0.1) is 6.92 Å². The van der Waals surface area contributed by atoms with E-state index in [0.29, 0.717) is 0 Å². The minimum Gasteiger partial charge on any atom is -0.497 e. The highest BCUT2D eigenvalue weighted by Gasteiger charge is 2.19. The van der Waals surface area contributed by atoms with E-state index < -0.39 is 0 Å². The van der Waals surface area contributed by atoms with Gasteiger partial charge in [-0.15, -0.1) is 0 Å². The van der Waals surface area contributed by atoms with Crippen molar-refractivity contribution >= 4 is 11.6 Å². The highest BCUT2D eigenvalue weighted by Crippen LogP contribution is 2.29. The zero-order valence-corrected chi connectivity index (χ0v) is 12.7. The lowest BCUT2D eigenvalue weighted by Gasteiger charge is -2.21. The summed E-state index contributed by atoms with van der Waals surface area (Å²) in [6.45, 7) is 2.04. The fourth-order valence-corrected chi connectivity index (χ4v) is 2.82. The second-order valence-electron chi connectivity index (χ2n) is 5.31. The number of hydrogen-bond acceptors (Lipinski definition) is 4. The van der Waals surface area contributed by atoms with Crippen molar-refractivity contribution in [3.8, 4) is 5.75 Å². The second-order valence-corrected chi connectivity index (χ2v) is 5.31. The minimum atomic E-state index is -0.337. The molecule has 1 N–H and O–H groups in total. The Bertz CT molecular complexity index is 718. The maximum Gasteiger partial charge on any atom is 0.307 e. The minimum absolute atomic E-state index is 0.256. The number of carbonyl (C=O) groups is 1. The summed E-state index contributed by atoms with van der Waals surface area (Å²) in [5.74, 6) is 0.778. The number of hydrazone groups is 1. The molecule has 2 aromatic rings. The van der Waals surface area contributed by atoms with E-state index in [2.05, 4.69) is 10.5 Å². The van der Waals surface area contributed by atoms with Gasteiger partial charge in [-0.1, -0.05) is 0 Å². The summed E-state index contributed by atoms with van der Waals surface area (Å²) in [5, 5.41) is 4.31. The molecule has 114 valence electrons. The number of fused-ring (bicyclic) bond motifs is 1. The number of hydrogen-bond donors (Lipinski definition) is 1. The van der Waals surface area contributed by atoms with Crippen molar-refractivity contribution in [3.05, 3.63) is 53.0 Å². The number of methoxy groups -OCH3 is 1. The van der Waals surface area contributed by atoms with Crippen LogP contribution in [0.4, 0.5) is 0 Å². The van der Waals surface area contributed by atoms with Gasteiger partial charge >= 0.3 is 5.91 Å². The smallest absolute Gasteiger partial charge is 0.307 e. The van der Waals surface area contributed by atoms with Crippen molar-refractivity contribution in [3.63, 3.8) is 0 Å². The van der Waals surface area contributed by atoms with Crippen LogP contribution in [0.5, 0.6) is 5.75 Å². The first kappa shape index (κ1) is 14.4. The van der Waals surface area contributed by atoms with Crippen LogP contribution in [0.15, 0.2) is 40.0 Å². The molecular formula is C17H18N2O3. The van der Waals surface area contributed by atoms with Crippen LogP contribution in [-0.4, -0.2) is 18.7 Å². The molecule has 1 aromatic heterocycles. The number of nitrogens with one attached hydrogen (secondary N) is 1. The molecule has 1 aliphatic carbocycles. The van der Waals surface area contributed by atoms with Crippen molar-refractivity contribution < 1.29 is 13.9 Å². The molecule has 0 atom stereocenters. The van der Waals surface area contributed by atoms with E-state index >= 15 is 0 Å². The van der Waals surface area contributed by atoms with Crippen LogP contribution in [0.3, 0.4) is 0 Å². The molecule has 1 amide bonds. The Hall–Kier alpha value is -2.56. The summed E-state index contributed by atoms with van der Waals surface area (Å²) in [5.41, 5.74) is 6.92. The van der Waals surface area contributed by atoms with Crippen LogP contribution in [0.2, 0.25) is 0 Å². The van der Waals surface area contributed by atoms with Gasteiger partial charge in [-0.3, -0.25) is 4.79 Å². The summed E-state index contributed by atoms with van der Waals surface area (Å²) in [6, 6.07) is 7.33. The molecule has 0 aliphatic heterocycles. The van der Waals surface area contributed by atoms with E-state index in [1.165, 1.54) is 11.8 Å². The first-order valence-electron chi connectivity index (χ1n) is 7.27. The second kappa shape index (κ2) is 6.05. The molecule has 0 saturated heterocycles. The van der Waals surface area contributed by atoms with E-state index in [4.69, 9.17) is 9.15 Å². The molecule has 0 bridgehead atoms. The molecule has 0 unspecified atom stereocenters. The average Bonchev–Trinajstić information content (AvgIpc) is 3.06. The van der Waals surface area contributed by atoms with Crippen molar-refractivity contribution in [2.75, 3.05) is 7.11 Å². The van der Waals surface area contributed by atoms with Crippen LogP contribution >= 0.6 is 0 Å². The molecule has 3 rings (SSSR count). The molecule has 22 heavy (non-hydrogen) atoms. The third-order valence-corrected chi connectivity index (χ3v) is 3.81. The topological polar surface area (TPSA) is 63.8 Å². The van der Waals surface area contributed by atoms with Crippen molar-refractivity contribution in [2.24, 2.45) is 5.10 Å². The van der Waals surface area contributed by atoms with Crippen LogP contribution in [0.1, 0.15) is 40.1 Å². The first-order chi connectivity index (χ1) is 10.7. The highest BCUT2D eigenvalue weighted by molar-refractivity contribution is 6.05. The Morgan fingerprint density at radius 2 is 2.23 bits per heavy atom. The van der Waals surface area contributed by atoms with Gasteiger partial charge in [0.1, 0.15) is 5.75 Å². The normalized spacial score (nSPS) is 15.5. The third kappa shape index (κ3) is 2.74. The van der Waals surface area contributed by atoms with Crippen molar-refractivity contribution in [2.45, 2.75) is 26.2 Å². The molecule has 0 spiro atoms. The maximum absolute atomic E-state index is 11.9. The Morgan fingerprint density at radius 3 is 2.95 bits per heavy atom. The number of amides is 1. The van der Waals surface area contributed by atoms with E-state index in [1.54, 1.807) is 19.2 Å². The Kier molecular flexibility index (Phi) is 3.96. The largest absolute Gasteiger partial charge is 0.497 e. The van der Waals surface area contributed by atoms with Gasteiger partial charge in [0.2, 0.25) is 0 Å². The number of ether oxygens (including phenoxy) is 1. The first-order valence-corrected chi connectivity index (χ1v) is 7.27. The summed E-state index contributed by atoms with van der Waals surface area (Å²) in [6.07, 6.45) is 4.32. The number of nitrogens with zero attached hydrogens (tertiary/aromatic N) is 1. The Morgan fingerprint density at radius 1 is 1.36 bits per heavy atom. The zero-order chi connectivity index (χ0) is 15.5. The number of furan rings is 1. The summed E-state index contributed by atoms with van der Waals surface area (Å²) < 4.78 is 10.4. The van der Waals surface area contributed by atoms with E-state index in [-0.39, 0.29) is 11.7 Å². The van der Waals surface area contributed by atoms with Gasteiger partial charge in [-0.2, -0.15) is 5.10 Å². The zero-order valence-electron chi connectivity index (χ0n) is 12.7. The predicted molar refractivity (Wildman–Crippen MR) is 83.4 cm³/mol. The van der Waals surface area contributed by atoms with Crippen LogP contribution in [-0.2, 0) is 6.42 Å². The number of carbonyl (C=O) groups excluding carboxylic acids is 1. The lowest BCUT2D eigenvalue weighted by molar-refractivity contribution is 0.0927. The number of benzene rings is 1. The van der Waals surface area contributed by atoms with Crippen molar-refractivity contribution in [1.82, 2.24) is 5.43 Å². The quantitative estimate of drug-likeness (QED) is 0.886. The fourth-order valence-electron chi connectivity index (χ4n) is 2.82. The lowest BCUT2D eigenvalue weighted by Crippen LogP contribution is -2.22. The van der Waals surface area contributed by atoms with Gasteiger partial charge in [0.25, 0.3) is 0 Å². The molecule has 0 fully saturated rings. The Balaban J connectivity index is 1.88. The van der Waals surface area contributed by atoms with Gasteiger partial charge in [0, 0.05) is 5.56 Å². The van der Waals surface area contributed by atoms with E-state index in [1.807, 2.05) is 19.1 Å². The number of aryl methyl sites for hydroxylation is 2. The van der Waals surface area contributed by atoms with Crippen LogP contribution < -0.4 is 10.2 Å². The molecule has 0 radical (unpaired) electrons. The molecule has 5 heteroatoms. The van der Waals surface area contributed by atoms with Gasteiger partial charge < -0.3 is 9.15 Å². The summed E-state index contributed by atoms with van der Waals surface area (Å²) in [7, 11) is 1.67. The van der Waals surface area contributed by atoms with Gasteiger partial charge in [-0.25, -0.2) is 5.43 Å². The maximum atomic E-state index is 11.9. The molecule has 1 heterocycles. The SMILES string of the molecule is COc1cc(C)c2c(c1)CCC/C2=N\NC(=O)c1ccco1. The standard InChI is InChI=1S/C17H18N2O3/c1-11-9-13(21-2)10-12-5-3-6-14(16(11)12)18-19-17(20)15-7-4-8-22-15/h4,7-10H,3,5-6H2,1-2H3,(H,19,20)/b18-14+. The molecule has 1 aliphatic rings. The highest BCUT2D eigenvalue weighted by atomic mass is 16.5. The van der Waals surface area contributed by atoms with Gasteiger partial charge in [-0.05, 0) is 61.6 Å². The lowest BCUT2D eigenvalue weighted by atomic mass is 9.87.